The largest absolute Gasteiger partial charge is 0.467 e. The lowest BCUT2D eigenvalue weighted by Crippen LogP contribution is -2.20. The molecule has 2 N–H and O–H groups in total. The maximum absolute atomic E-state index is 13.0. The second-order valence-electron chi connectivity index (χ2n) is 4.42. The Morgan fingerprint density at radius 1 is 1.43 bits per heavy atom. The number of rotatable bonds is 4. The first kappa shape index (κ1) is 14.7. The molecule has 110 valence electrons. The van der Waals surface area contributed by atoms with Crippen LogP contribution in [0.3, 0.4) is 0 Å². The molecule has 7 heteroatoms. The highest BCUT2D eigenvalue weighted by Crippen LogP contribution is 2.28. The minimum absolute atomic E-state index is 0.0576. The van der Waals surface area contributed by atoms with Crippen LogP contribution in [0.5, 0.6) is 0 Å². The van der Waals surface area contributed by atoms with Gasteiger partial charge in [0.25, 0.3) is 0 Å². The third kappa shape index (κ3) is 2.62. The third-order valence-electron chi connectivity index (χ3n) is 3.13. The summed E-state index contributed by atoms with van der Waals surface area (Å²) in [4.78, 5) is 22.8. The zero-order valence-electron chi connectivity index (χ0n) is 11.5. The van der Waals surface area contributed by atoms with E-state index in [4.69, 9.17) is 5.73 Å². The van der Waals surface area contributed by atoms with E-state index in [-0.39, 0.29) is 11.4 Å². The molecule has 2 rings (SSSR count). The summed E-state index contributed by atoms with van der Waals surface area (Å²) in [5.41, 5.74) is 6.83. The number of anilines is 1. The topological polar surface area (TPSA) is 87.2 Å². The summed E-state index contributed by atoms with van der Waals surface area (Å²) >= 11 is 0. The van der Waals surface area contributed by atoms with Gasteiger partial charge in [-0.2, -0.15) is 5.10 Å². The molecule has 1 aromatic heterocycles. The molecule has 1 heterocycles. The second kappa shape index (κ2) is 5.74. The monoisotopic (exact) mass is 291 g/mol. The molecule has 0 saturated carbocycles. The Balaban J connectivity index is 2.55. The van der Waals surface area contributed by atoms with Gasteiger partial charge in [0.1, 0.15) is 23.4 Å². The van der Waals surface area contributed by atoms with Crippen molar-refractivity contribution in [3.05, 3.63) is 35.6 Å². The van der Waals surface area contributed by atoms with Crippen LogP contribution in [0.15, 0.2) is 24.3 Å². The molecule has 0 amide bonds. The molecule has 0 radical (unpaired) electrons. The molecule has 21 heavy (non-hydrogen) atoms. The molecule has 0 saturated heterocycles. The summed E-state index contributed by atoms with van der Waals surface area (Å²) in [5, 5.41) is 4.19. The predicted molar refractivity (Wildman–Crippen MR) is 74.1 cm³/mol. The van der Waals surface area contributed by atoms with Gasteiger partial charge in [-0.25, -0.2) is 13.9 Å². The van der Waals surface area contributed by atoms with Crippen LogP contribution >= 0.6 is 0 Å². The molecule has 0 aliphatic rings. The first-order valence-electron chi connectivity index (χ1n) is 6.16. The van der Waals surface area contributed by atoms with Crippen LogP contribution in [-0.2, 0) is 9.53 Å². The number of benzene rings is 1. The molecule has 1 aromatic carbocycles. The summed E-state index contributed by atoms with van der Waals surface area (Å²) in [5.74, 6) is -0.878. The number of nitrogen functional groups attached to an aromatic ring is 1. The number of nitrogens with two attached hydrogens (primary N) is 1. The van der Waals surface area contributed by atoms with Gasteiger partial charge in [-0.15, -0.1) is 0 Å². The van der Waals surface area contributed by atoms with E-state index in [1.165, 1.54) is 36.1 Å². The van der Waals surface area contributed by atoms with Crippen molar-refractivity contribution in [1.82, 2.24) is 9.78 Å². The molecule has 0 bridgehead atoms. The molecule has 0 spiro atoms. The quantitative estimate of drug-likeness (QED) is 0.685. The average Bonchev–Trinajstić information content (AvgIpc) is 2.83. The number of nitrogens with zero attached hydrogens (tertiary/aromatic N) is 2. The van der Waals surface area contributed by atoms with E-state index in [9.17, 15) is 14.0 Å². The van der Waals surface area contributed by atoms with Gasteiger partial charge in [-0.1, -0.05) is 0 Å². The smallest absolute Gasteiger partial charge is 0.330 e. The van der Waals surface area contributed by atoms with Gasteiger partial charge in [0, 0.05) is 5.56 Å². The molecule has 0 aliphatic heterocycles. The first-order chi connectivity index (χ1) is 9.99. The van der Waals surface area contributed by atoms with Crippen LogP contribution in [-0.4, -0.2) is 29.1 Å². The van der Waals surface area contributed by atoms with Gasteiger partial charge in [0.15, 0.2) is 6.29 Å². The molecule has 2 aromatic rings. The number of carbonyl (C=O) groups is 2. The van der Waals surface area contributed by atoms with E-state index < -0.39 is 17.8 Å². The summed E-state index contributed by atoms with van der Waals surface area (Å²) in [6.07, 6.45) is 0.557. The lowest BCUT2D eigenvalue weighted by molar-refractivity contribution is -0.144. The standard InChI is InChI=1S/C14H14FN3O3/c1-8(14(20)21-2)18-13(16)11(7-19)12(17-18)9-3-5-10(15)6-4-9/h3-8H,16H2,1-2H3. The van der Waals surface area contributed by atoms with E-state index in [0.29, 0.717) is 17.5 Å². The number of hydrogen-bond donors (Lipinski definition) is 1. The molecular formula is C14H14FN3O3. The molecule has 0 fully saturated rings. The van der Waals surface area contributed by atoms with Crippen LogP contribution in [0.1, 0.15) is 23.3 Å². The van der Waals surface area contributed by atoms with Crippen molar-refractivity contribution in [3.8, 4) is 11.3 Å². The Kier molecular flexibility index (Phi) is 4.02. The summed E-state index contributed by atoms with van der Waals surface area (Å²) in [6.45, 7) is 1.55. The Labute approximate surface area is 120 Å². The number of halogens is 1. The van der Waals surface area contributed by atoms with E-state index in [0.717, 1.165) is 0 Å². The van der Waals surface area contributed by atoms with Crippen molar-refractivity contribution in [1.29, 1.82) is 0 Å². The Morgan fingerprint density at radius 2 is 2.05 bits per heavy atom. The Hall–Kier alpha value is -2.70. The van der Waals surface area contributed by atoms with Crippen molar-refractivity contribution in [3.63, 3.8) is 0 Å². The van der Waals surface area contributed by atoms with Gasteiger partial charge in [-0.05, 0) is 31.2 Å². The van der Waals surface area contributed by atoms with Crippen molar-refractivity contribution >= 4 is 18.1 Å². The molecule has 0 aliphatic carbocycles. The molecular weight excluding hydrogens is 277 g/mol. The van der Waals surface area contributed by atoms with Crippen LogP contribution < -0.4 is 5.73 Å². The number of esters is 1. The highest BCUT2D eigenvalue weighted by Gasteiger charge is 2.24. The van der Waals surface area contributed by atoms with Gasteiger partial charge in [0.05, 0.1) is 12.7 Å². The number of carbonyl (C=O) groups excluding carboxylic acids is 2. The van der Waals surface area contributed by atoms with Crippen LogP contribution in [0, 0.1) is 5.82 Å². The molecule has 6 nitrogen and oxygen atoms in total. The fourth-order valence-corrected chi connectivity index (χ4v) is 1.96. The number of hydrogen-bond acceptors (Lipinski definition) is 5. The lowest BCUT2D eigenvalue weighted by atomic mass is 10.1. The summed E-state index contributed by atoms with van der Waals surface area (Å²) < 4.78 is 18.8. The van der Waals surface area contributed by atoms with Gasteiger partial charge < -0.3 is 10.5 Å². The van der Waals surface area contributed by atoms with Crippen molar-refractivity contribution in [2.24, 2.45) is 0 Å². The van der Waals surface area contributed by atoms with Crippen molar-refractivity contribution in [2.45, 2.75) is 13.0 Å². The van der Waals surface area contributed by atoms with E-state index in [2.05, 4.69) is 9.84 Å². The minimum Gasteiger partial charge on any atom is -0.467 e. The van der Waals surface area contributed by atoms with Crippen LogP contribution in [0.4, 0.5) is 10.2 Å². The fourth-order valence-electron chi connectivity index (χ4n) is 1.96. The van der Waals surface area contributed by atoms with Gasteiger partial charge in [0.2, 0.25) is 0 Å². The van der Waals surface area contributed by atoms with Crippen molar-refractivity contribution in [2.75, 3.05) is 12.8 Å². The zero-order valence-corrected chi connectivity index (χ0v) is 11.5. The number of ether oxygens (including phenoxy) is 1. The van der Waals surface area contributed by atoms with E-state index in [1.54, 1.807) is 6.92 Å². The van der Waals surface area contributed by atoms with E-state index in [1.807, 2.05) is 0 Å². The van der Waals surface area contributed by atoms with Crippen LogP contribution in [0.2, 0.25) is 0 Å². The maximum atomic E-state index is 13.0. The summed E-state index contributed by atoms with van der Waals surface area (Å²) in [6, 6.07) is 4.70. The number of aldehydes is 1. The Bertz CT molecular complexity index is 680. The van der Waals surface area contributed by atoms with Gasteiger partial charge >= 0.3 is 5.97 Å². The van der Waals surface area contributed by atoms with E-state index >= 15 is 0 Å². The predicted octanol–water partition coefficient (Wildman–Crippen LogP) is 1.82. The fraction of sp³-hybridized carbons (Fsp3) is 0.214. The normalized spacial score (nSPS) is 12.0. The second-order valence-corrected chi connectivity index (χ2v) is 4.42. The zero-order chi connectivity index (χ0) is 15.6. The number of aromatic nitrogens is 2. The average molecular weight is 291 g/mol. The molecule has 1 atom stereocenters. The number of methoxy groups -OCH3 is 1. The van der Waals surface area contributed by atoms with Crippen molar-refractivity contribution < 1.29 is 18.7 Å². The highest BCUT2D eigenvalue weighted by molar-refractivity contribution is 5.92. The first-order valence-corrected chi connectivity index (χ1v) is 6.16. The lowest BCUT2D eigenvalue weighted by Gasteiger charge is -2.10. The SMILES string of the molecule is COC(=O)C(C)n1nc(-c2ccc(F)cc2)c(C=O)c1N. The third-order valence-corrected chi connectivity index (χ3v) is 3.13. The molecule has 1 unspecified atom stereocenters. The maximum Gasteiger partial charge on any atom is 0.330 e. The van der Waals surface area contributed by atoms with Gasteiger partial charge in [-0.3, -0.25) is 4.79 Å². The highest BCUT2D eigenvalue weighted by atomic mass is 19.1. The van der Waals surface area contributed by atoms with Crippen LogP contribution in [0.25, 0.3) is 11.3 Å². The summed E-state index contributed by atoms with van der Waals surface area (Å²) in [7, 11) is 1.25. The Morgan fingerprint density at radius 3 is 2.57 bits per heavy atom. The minimum atomic E-state index is -0.775.